The van der Waals surface area contributed by atoms with Crippen LogP contribution in [0.15, 0.2) is 79.0 Å². The summed E-state index contributed by atoms with van der Waals surface area (Å²) >= 11 is 0. The Labute approximate surface area is 218 Å². The van der Waals surface area contributed by atoms with Gasteiger partial charge in [0.15, 0.2) is 5.78 Å². The number of aromatic amines is 1. The first-order valence-electron chi connectivity index (χ1n) is 13.3. The van der Waals surface area contributed by atoms with Gasteiger partial charge in [0, 0.05) is 72.7 Å². The van der Waals surface area contributed by atoms with Crippen molar-refractivity contribution in [1.29, 1.82) is 0 Å². The van der Waals surface area contributed by atoms with Crippen LogP contribution in [0.2, 0.25) is 0 Å². The predicted molar refractivity (Wildman–Crippen MR) is 150 cm³/mol. The van der Waals surface area contributed by atoms with Crippen LogP contribution in [-0.4, -0.2) is 61.0 Å². The van der Waals surface area contributed by atoms with E-state index in [4.69, 9.17) is 4.74 Å². The Kier molecular flexibility index (Phi) is 6.58. The van der Waals surface area contributed by atoms with E-state index in [0.717, 1.165) is 61.5 Å². The standard InChI is InChI=1S/C31H34N4O2/c1-37-30-12-5-3-8-23(30)21-29(36)31(27-14-13-22-7-2-4-9-25(22)33-27)35-19-17-34(18-20-35)28-11-6-10-26-24(28)15-16-32-26/h2-12,15-16,27,31-33H,13-14,17-21H2,1H3. The van der Waals surface area contributed by atoms with Crippen molar-refractivity contribution in [3.8, 4) is 5.75 Å². The van der Waals surface area contributed by atoms with E-state index >= 15 is 0 Å². The highest BCUT2D eigenvalue weighted by Crippen LogP contribution is 2.31. The molecule has 3 aromatic carbocycles. The van der Waals surface area contributed by atoms with Gasteiger partial charge in [-0.2, -0.15) is 0 Å². The molecule has 2 aliphatic heterocycles. The molecule has 3 heterocycles. The summed E-state index contributed by atoms with van der Waals surface area (Å²) < 4.78 is 5.56. The molecule has 0 aliphatic carbocycles. The van der Waals surface area contributed by atoms with Crippen molar-refractivity contribution in [3.05, 3.63) is 90.1 Å². The number of methoxy groups -OCH3 is 1. The number of H-pyrrole nitrogens is 1. The molecule has 190 valence electrons. The van der Waals surface area contributed by atoms with Gasteiger partial charge in [-0.1, -0.05) is 42.5 Å². The molecule has 0 saturated carbocycles. The average molecular weight is 495 g/mol. The molecule has 2 aliphatic rings. The van der Waals surface area contributed by atoms with Gasteiger partial charge in [-0.3, -0.25) is 9.69 Å². The van der Waals surface area contributed by atoms with Crippen LogP contribution in [-0.2, 0) is 17.6 Å². The van der Waals surface area contributed by atoms with Gasteiger partial charge < -0.3 is 19.9 Å². The number of hydrogen-bond donors (Lipinski definition) is 2. The van der Waals surface area contributed by atoms with Crippen LogP contribution in [0.3, 0.4) is 0 Å². The molecule has 0 spiro atoms. The van der Waals surface area contributed by atoms with Gasteiger partial charge in [-0.25, -0.2) is 0 Å². The van der Waals surface area contributed by atoms with Crippen LogP contribution in [0.4, 0.5) is 11.4 Å². The second-order valence-corrected chi connectivity index (χ2v) is 10.1. The fraction of sp³-hybridized carbons (Fsp3) is 0.323. The van der Waals surface area contributed by atoms with Gasteiger partial charge in [0.05, 0.1) is 13.2 Å². The number of aryl methyl sites for hydroxylation is 1. The van der Waals surface area contributed by atoms with Gasteiger partial charge in [0.1, 0.15) is 5.75 Å². The molecular weight excluding hydrogens is 460 g/mol. The Morgan fingerprint density at radius 2 is 1.78 bits per heavy atom. The Morgan fingerprint density at radius 3 is 2.65 bits per heavy atom. The van der Waals surface area contributed by atoms with Crippen LogP contribution in [0, 0.1) is 0 Å². The average Bonchev–Trinajstić information content (AvgIpc) is 3.43. The summed E-state index contributed by atoms with van der Waals surface area (Å²) in [5, 5.41) is 5.00. The van der Waals surface area contributed by atoms with Crippen molar-refractivity contribution >= 4 is 28.1 Å². The van der Waals surface area contributed by atoms with Gasteiger partial charge in [0.2, 0.25) is 0 Å². The van der Waals surface area contributed by atoms with E-state index in [1.165, 1.54) is 16.6 Å². The first kappa shape index (κ1) is 23.6. The molecule has 1 aromatic heterocycles. The number of hydrogen-bond acceptors (Lipinski definition) is 5. The highest BCUT2D eigenvalue weighted by Gasteiger charge is 2.37. The van der Waals surface area contributed by atoms with Crippen LogP contribution in [0.1, 0.15) is 17.5 Å². The zero-order valence-corrected chi connectivity index (χ0v) is 21.3. The van der Waals surface area contributed by atoms with E-state index in [2.05, 4.69) is 68.6 Å². The first-order chi connectivity index (χ1) is 18.2. The summed E-state index contributed by atoms with van der Waals surface area (Å²) in [6, 6.07) is 24.8. The number of carbonyl (C=O) groups excluding carboxylic acids is 1. The van der Waals surface area contributed by atoms with Crippen LogP contribution in [0.5, 0.6) is 5.75 Å². The second-order valence-electron chi connectivity index (χ2n) is 10.1. The number of piperazine rings is 1. The quantitative estimate of drug-likeness (QED) is 0.383. The molecule has 2 unspecified atom stereocenters. The molecule has 6 nitrogen and oxygen atoms in total. The fourth-order valence-corrected chi connectivity index (χ4v) is 6.11. The topological polar surface area (TPSA) is 60.6 Å². The van der Waals surface area contributed by atoms with Crippen LogP contribution < -0.4 is 15.0 Å². The van der Waals surface area contributed by atoms with Crippen molar-refractivity contribution in [2.75, 3.05) is 43.5 Å². The summed E-state index contributed by atoms with van der Waals surface area (Å²) in [6.07, 6.45) is 4.31. The monoisotopic (exact) mass is 494 g/mol. The number of fused-ring (bicyclic) bond motifs is 2. The molecule has 1 fully saturated rings. The molecule has 0 amide bonds. The minimum Gasteiger partial charge on any atom is -0.496 e. The van der Waals surface area contributed by atoms with E-state index in [9.17, 15) is 4.79 Å². The predicted octanol–water partition coefficient (Wildman–Crippen LogP) is 4.91. The maximum absolute atomic E-state index is 14.0. The number of ketones is 1. The highest BCUT2D eigenvalue weighted by atomic mass is 16.5. The van der Waals surface area contributed by atoms with Crippen LogP contribution >= 0.6 is 0 Å². The van der Waals surface area contributed by atoms with E-state index in [1.54, 1.807) is 7.11 Å². The number of para-hydroxylation sites is 2. The Morgan fingerprint density at radius 1 is 0.973 bits per heavy atom. The summed E-state index contributed by atoms with van der Waals surface area (Å²) in [6.45, 7) is 3.49. The molecular formula is C31H34N4O2. The third kappa shape index (κ3) is 4.69. The number of benzene rings is 3. The summed E-state index contributed by atoms with van der Waals surface area (Å²) in [5.41, 5.74) is 5.87. The molecule has 0 radical (unpaired) electrons. The molecule has 6 heteroatoms. The maximum atomic E-state index is 14.0. The van der Waals surface area contributed by atoms with Crippen molar-refractivity contribution < 1.29 is 9.53 Å². The number of Topliss-reactive ketones (excluding diaryl/α,β-unsaturated/α-hetero) is 1. The molecule has 0 bridgehead atoms. The molecule has 2 atom stereocenters. The van der Waals surface area contributed by atoms with Crippen molar-refractivity contribution in [2.24, 2.45) is 0 Å². The lowest BCUT2D eigenvalue weighted by atomic mass is 9.88. The molecule has 2 N–H and O–H groups in total. The third-order valence-corrected chi connectivity index (χ3v) is 7.97. The Hall–Kier alpha value is -3.77. The smallest absolute Gasteiger partial charge is 0.156 e. The maximum Gasteiger partial charge on any atom is 0.156 e. The van der Waals surface area contributed by atoms with E-state index in [0.29, 0.717) is 6.42 Å². The number of nitrogens with zero attached hydrogens (tertiary/aromatic N) is 2. The Balaban J connectivity index is 1.24. The minimum absolute atomic E-state index is 0.0803. The molecule has 1 saturated heterocycles. The number of rotatable bonds is 7. The van der Waals surface area contributed by atoms with Crippen molar-refractivity contribution in [2.45, 2.75) is 31.3 Å². The van der Waals surface area contributed by atoms with Gasteiger partial charge in [0.25, 0.3) is 0 Å². The largest absolute Gasteiger partial charge is 0.496 e. The lowest BCUT2D eigenvalue weighted by Crippen LogP contribution is -2.59. The van der Waals surface area contributed by atoms with Gasteiger partial charge in [-0.05, 0) is 48.7 Å². The number of carbonyl (C=O) groups is 1. The SMILES string of the molecule is COc1ccccc1CC(=O)C(C1CCc2ccccc2N1)N1CCN(c2cccc3[nH]ccc23)CC1. The zero-order chi connectivity index (χ0) is 25.2. The zero-order valence-electron chi connectivity index (χ0n) is 21.3. The van der Waals surface area contributed by atoms with Crippen molar-refractivity contribution in [3.63, 3.8) is 0 Å². The molecule has 6 rings (SSSR count). The Bertz CT molecular complexity index is 1390. The summed E-state index contributed by atoms with van der Waals surface area (Å²) in [4.78, 5) is 22.2. The minimum atomic E-state index is -0.191. The van der Waals surface area contributed by atoms with Crippen LogP contribution in [0.25, 0.3) is 10.9 Å². The van der Waals surface area contributed by atoms with Gasteiger partial charge in [-0.15, -0.1) is 0 Å². The van der Waals surface area contributed by atoms with Crippen molar-refractivity contribution in [1.82, 2.24) is 9.88 Å². The molecule has 37 heavy (non-hydrogen) atoms. The lowest BCUT2D eigenvalue weighted by Gasteiger charge is -2.44. The highest BCUT2D eigenvalue weighted by molar-refractivity contribution is 5.92. The number of aromatic nitrogens is 1. The normalized spacial score (nSPS) is 18.7. The third-order valence-electron chi connectivity index (χ3n) is 7.97. The second kappa shape index (κ2) is 10.3. The first-order valence-corrected chi connectivity index (χ1v) is 13.3. The number of ether oxygens (including phenoxy) is 1. The van der Waals surface area contributed by atoms with Gasteiger partial charge >= 0.3 is 0 Å². The van der Waals surface area contributed by atoms with E-state index < -0.39 is 0 Å². The number of nitrogens with one attached hydrogen (secondary N) is 2. The fourth-order valence-electron chi connectivity index (χ4n) is 6.11. The number of anilines is 2. The van der Waals surface area contributed by atoms with E-state index in [1.807, 2.05) is 30.5 Å². The lowest BCUT2D eigenvalue weighted by molar-refractivity contribution is -0.124. The summed E-state index contributed by atoms with van der Waals surface area (Å²) in [7, 11) is 1.67. The summed E-state index contributed by atoms with van der Waals surface area (Å²) in [5.74, 6) is 1.03. The molecule has 4 aromatic rings. The van der Waals surface area contributed by atoms with E-state index in [-0.39, 0.29) is 17.9 Å².